The Labute approximate surface area is 170 Å². The van der Waals surface area contributed by atoms with Gasteiger partial charge in [-0.25, -0.2) is 0 Å². The molecule has 0 aliphatic rings. The van der Waals surface area contributed by atoms with Crippen molar-refractivity contribution in [2.24, 2.45) is 0 Å². The Morgan fingerprint density at radius 1 is 0.933 bits per heavy atom. The first kappa shape index (κ1) is 21.2. The summed E-state index contributed by atoms with van der Waals surface area (Å²) in [7, 11) is 7.08. The fraction of sp³-hybridized carbons (Fsp3) is 0.238. The molecule has 0 aliphatic heterocycles. The van der Waals surface area contributed by atoms with E-state index in [1.165, 1.54) is 12.1 Å². The van der Waals surface area contributed by atoms with E-state index in [9.17, 15) is 27.9 Å². The number of aromatic hydroxyl groups is 1. The number of hydrogen-bond donors (Lipinski definition) is 1. The predicted octanol–water partition coefficient (Wildman–Crippen LogP) is 3.57. The second-order valence-corrected chi connectivity index (χ2v) is 7.20. The van der Waals surface area contributed by atoms with Crippen LogP contribution in [0.25, 0.3) is 16.6 Å². The Balaban J connectivity index is 2.43. The van der Waals surface area contributed by atoms with Crippen molar-refractivity contribution in [3.63, 3.8) is 0 Å². The molecule has 0 saturated carbocycles. The summed E-state index contributed by atoms with van der Waals surface area (Å²) >= 11 is 0. The average molecular weight is 419 g/mol. The Kier molecular flexibility index (Phi) is 5.23. The molecule has 0 fully saturated rings. The van der Waals surface area contributed by atoms with Gasteiger partial charge in [0.1, 0.15) is 11.3 Å². The first-order valence-electron chi connectivity index (χ1n) is 8.92. The summed E-state index contributed by atoms with van der Waals surface area (Å²) in [6, 6.07) is 11.1. The Morgan fingerprint density at radius 2 is 1.47 bits per heavy atom. The average Bonchev–Trinajstić information content (AvgIpc) is 2.67. The molecule has 1 heterocycles. The minimum atomic E-state index is -5.31. The van der Waals surface area contributed by atoms with Gasteiger partial charge in [0.25, 0.3) is 11.3 Å². The molecule has 158 valence electrons. The van der Waals surface area contributed by atoms with Crippen molar-refractivity contribution in [3.8, 4) is 11.4 Å². The van der Waals surface area contributed by atoms with Gasteiger partial charge in [0.05, 0.1) is 5.52 Å². The number of anilines is 2. The van der Waals surface area contributed by atoms with Gasteiger partial charge in [0.2, 0.25) is 0 Å². The van der Waals surface area contributed by atoms with Crippen molar-refractivity contribution in [2.75, 3.05) is 38.0 Å². The van der Waals surface area contributed by atoms with Crippen LogP contribution in [0, 0.1) is 0 Å². The van der Waals surface area contributed by atoms with Crippen LogP contribution in [-0.4, -0.2) is 49.8 Å². The molecule has 0 saturated heterocycles. The molecule has 1 N–H and O–H groups in total. The Morgan fingerprint density at radius 3 is 1.97 bits per heavy atom. The zero-order valence-electron chi connectivity index (χ0n) is 16.8. The van der Waals surface area contributed by atoms with Crippen molar-refractivity contribution in [2.45, 2.75) is 6.18 Å². The van der Waals surface area contributed by atoms with Crippen LogP contribution in [0.2, 0.25) is 0 Å². The van der Waals surface area contributed by atoms with Crippen LogP contribution in [-0.2, 0) is 0 Å². The van der Waals surface area contributed by atoms with Gasteiger partial charge in [0.15, 0.2) is 0 Å². The highest BCUT2D eigenvalue weighted by Gasteiger charge is 2.43. The molecule has 0 unspecified atom stereocenters. The number of aromatic nitrogens is 1. The standard InChI is InChI=1S/C21H20F3N3O3/c1-25(2)12-5-7-13(8-6-12)27-16-10-9-14(26(3)4)11-15(16)18(28)17(20(27)30)19(29)21(22,23)24/h5-11,28H,1-4H3. The van der Waals surface area contributed by atoms with Crippen molar-refractivity contribution in [1.82, 2.24) is 4.57 Å². The summed E-state index contributed by atoms with van der Waals surface area (Å²) in [6.07, 6.45) is -5.31. The highest BCUT2D eigenvalue weighted by Crippen LogP contribution is 2.34. The lowest BCUT2D eigenvalue weighted by molar-refractivity contribution is -0.0887. The lowest BCUT2D eigenvalue weighted by Crippen LogP contribution is -2.33. The number of benzene rings is 2. The van der Waals surface area contributed by atoms with E-state index in [0.29, 0.717) is 5.69 Å². The number of alkyl halides is 3. The minimum absolute atomic E-state index is 0.0370. The first-order valence-corrected chi connectivity index (χ1v) is 8.92. The molecule has 3 rings (SSSR count). The van der Waals surface area contributed by atoms with Crippen molar-refractivity contribution < 1.29 is 23.1 Å². The molecular weight excluding hydrogens is 399 g/mol. The number of Topliss-reactive ketones (excluding diaryl/α,β-unsaturated/α-hetero) is 1. The zero-order chi connectivity index (χ0) is 22.4. The van der Waals surface area contributed by atoms with E-state index in [4.69, 9.17) is 0 Å². The van der Waals surface area contributed by atoms with Gasteiger partial charge >= 0.3 is 6.18 Å². The molecular formula is C21H20F3N3O3. The number of hydrogen-bond acceptors (Lipinski definition) is 5. The van der Waals surface area contributed by atoms with E-state index in [1.807, 2.05) is 19.0 Å². The van der Waals surface area contributed by atoms with E-state index in [0.717, 1.165) is 10.3 Å². The number of rotatable bonds is 4. The smallest absolute Gasteiger partial charge is 0.455 e. The van der Waals surface area contributed by atoms with Gasteiger partial charge in [-0.1, -0.05) is 0 Å². The van der Waals surface area contributed by atoms with Crippen LogP contribution < -0.4 is 15.4 Å². The fourth-order valence-electron chi connectivity index (χ4n) is 3.15. The normalized spacial score (nSPS) is 11.6. The van der Waals surface area contributed by atoms with Crippen LogP contribution in [0.1, 0.15) is 10.4 Å². The van der Waals surface area contributed by atoms with Gasteiger partial charge in [0, 0.05) is 50.6 Å². The molecule has 0 spiro atoms. The molecule has 9 heteroatoms. The number of carbonyl (C=O) groups excluding carboxylic acids is 1. The highest BCUT2D eigenvalue weighted by molar-refractivity contribution is 6.07. The third-order valence-electron chi connectivity index (χ3n) is 4.76. The molecule has 0 amide bonds. The van der Waals surface area contributed by atoms with Crippen LogP contribution in [0.3, 0.4) is 0 Å². The summed E-state index contributed by atoms with van der Waals surface area (Å²) in [5.74, 6) is -3.37. The maximum Gasteiger partial charge on any atom is 0.455 e. The SMILES string of the molecule is CN(C)c1ccc(-n2c(=O)c(C(=O)C(F)(F)F)c(O)c3cc(N(C)C)ccc32)cc1. The lowest BCUT2D eigenvalue weighted by atomic mass is 10.0. The predicted molar refractivity (Wildman–Crippen MR) is 110 cm³/mol. The number of ketones is 1. The number of pyridine rings is 1. The molecule has 0 atom stereocenters. The first-order chi connectivity index (χ1) is 13.9. The second-order valence-electron chi connectivity index (χ2n) is 7.20. The molecule has 0 radical (unpaired) electrons. The van der Waals surface area contributed by atoms with Gasteiger partial charge in [-0.2, -0.15) is 13.2 Å². The summed E-state index contributed by atoms with van der Waals surface area (Å²) in [5.41, 5.74) is -0.697. The topological polar surface area (TPSA) is 65.8 Å². The highest BCUT2D eigenvalue weighted by atomic mass is 19.4. The molecule has 6 nitrogen and oxygen atoms in total. The largest absolute Gasteiger partial charge is 0.506 e. The number of carbonyl (C=O) groups is 1. The third-order valence-corrected chi connectivity index (χ3v) is 4.76. The number of halogens is 3. The lowest BCUT2D eigenvalue weighted by Gasteiger charge is -2.19. The maximum atomic E-state index is 13.2. The summed E-state index contributed by atoms with van der Waals surface area (Å²) < 4.78 is 40.5. The number of fused-ring (bicyclic) bond motifs is 1. The fourth-order valence-corrected chi connectivity index (χ4v) is 3.15. The van der Waals surface area contributed by atoms with Crippen LogP contribution in [0.5, 0.6) is 5.75 Å². The van der Waals surface area contributed by atoms with Gasteiger partial charge in [-0.05, 0) is 42.5 Å². The van der Waals surface area contributed by atoms with E-state index >= 15 is 0 Å². The summed E-state index contributed by atoms with van der Waals surface area (Å²) in [6.45, 7) is 0. The van der Waals surface area contributed by atoms with E-state index < -0.39 is 28.8 Å². The van der Waals surface area contributed by atoms with Crippen LogP contribution >= 0.6 is 0 Å². The molecule has 3 aromatic rings. The van der Waals surface area contributed by atoms with Crippen molar-refractivity contribution in [1.29, 1.82) is 0 Å². The zero-order valence-corrected chi connectivity index (χ0v) is 16.8. The van der Waals surface area contributed by atoms with Crippen LogP contribution in [0.15, 0.2) is 47.3 Å². The third kappa shape index (κ3) is 3.58. The molecule has 30 heavy (non-hydrogen) atoms. The van der Waals surface area contributed by atoms with Crippen molar-refractivity contribution >= 4 is 28.1 Å². The summed E-state index contributed by atoms with van der Waals surface area (Å²) in [4.78, 5) is 28.5. The monoisotopic (exact) mass is 419 g/mol. The quantitative estimate of drug-likeness (QED) is 0.655. The molecule has 0 aliphatic carbocycles. The minimum Gasteiger partial charge on any atom is -0.506 e. The molecule has 0 bridgehead atoms. The van der Waals surface area contributed by atoms with Crippen LogP contribution in [0.4, 0.5) is 24.5 Å². The van der Waals surface area contributed by atoms with E-state index in [1.54, 1.807) is 49.3 Å². The van der Waals surface area contributed by atoms with E-state index in [2.05, 4.69) is 0 Å². The maximum absolute atomic E-state index is 13.2. The molecule has 1 aromatic heterocycles. The van der Waals surface area contributed by atoms with Gasteiger partial charge in [-0.15, -0.1) is 0 Å². The summed E-state index contributed by atoms with van der Waals surface area (Å²) in [5, 5.41) is 10.5. The van der Waals surface area contributed by atoms with Gasteiger partial charge in [-0.3, -0.25) is 14.2 Å². The van der Waals surface area contributed by atoms with E-state index in [-0.39, 0.29) is 16.6 Å². The van der Waals surface area contributed by atoms with Gasteiger partial charge < -0.3 is 14.9 Å². The van der Waals surface area contributed by atoms with Crippen molar-refractivity contribution in [3.05, 3.63) is 58.4 Å². The number of nitrogens with zero attached hydrogens (tertiary/aromatic N) is 3. The Bertz CT molecular complexity index is 1180. The Hall–Kier alpha value is -3.49. The second kappa shape index (κ2) is 7.40. The molecule has 2 aromatic carbocycles.